The first-order valence-electron chi connectivity index (χ1n) is 7.63. The van der Waals surface area contributed by atoms with Crippen LogP contribution in [0.4, 0.5) is 0 Å². The molecule has 1 aromatic carbocycles. The van der Waals surface area contributed by atoms with Gasteiger partial charge in [-0.05, 0) is 44.5 Å². The van der Waals surface area contributed by atoms with Crippen LogP contribution in [0, 0.1) is 6.92 Å². The Balaban J connectivity index is 0.000000568. The molecule has 2 nitrogen and oxygen atoms in total. The molecule has 25 heavy (non-hydrogen) atoms. The van der Waals surface area contributed by atoms with Gasteiger partial charge in [0.1, 0.15) is 24.4 Å². The minimum absolute atomic E-state index is 0. The third kappa shape index (κ3) is 6.36. The summed E-state index contributed by atoms with van der Waals surface area (Å²) in [5.41, 5.74) is 3.33. The molecule has 2 aliphatic rings. The minimum atomic E-state index is -1.33. The van der Waals surface area contributed by atoms with E-state index in [1.807, 2.05) is 0 Å². The average Bonchev–Trinajstić information content (AvgIpc) is 2.53. The second kappa shape index (κ2) is 10.7. The molecule has 7 heteroatoms. The summed E-state index contributed by atoms with van der Waals surface area (Å²) < 4.78 is 8.41. The topological polar surface area (TPSA) is 16.1 Å². The van der Waals surface area contributed by atoms with Gasteiger partial charge in [0.2, 0.25) is 5.36 Å². The van der Waals surface area contributed by atoms with Crippen molar-refractivity contribution in [3.05, 3.63) is 53.4 Å². The molecular formula is C18H20Cl4FeNO. The number of fused-ring (bicyclic) bond motifs is 2. The number of hydrogen-bond acceptors (Lipinski definition) is 1. The van der Waals surface area contributed by atoms with Crippen LogP contribution < -0.4 is 22.3 Å². The monoisotopic (exact) mass is 462 g/mol. The second-order valence-corrected chi connectivity index (χ2v) is 10.8. The Morgan fingerprint density at radius 3 is 2.20 bits per heavy atom. The predicted molar refractivity (Wildman–Crippen MR) is 101 cm³/mol. The summed E-state index contributed by atoms with van der Waals surface area (Å²) in [4.78, 5) is 0. The quantitative estimate of drug-likeness (QED) is 0.324. The average molecular weight is 464 g/mol. The number of halogens is 4. The van der Waals surface area contributed by atoms with Gasteiger partial charge in [0.25, 0.3) is 0 Å². The summed E-state index contributed by atoms with van der Waals surface area (Å²) in [5.74, 6) is 0.951. The zero-order valence-corrected chi connectivity index (χ0v) is 18.3. The maximum atomic E-state index is 6.08. The van der Waals surface area contributed by atoms with E-state index in [0.717, 1.165) is 35.4 Å². The van der Waals surface area contributed by atoms with Crippen LogP contribution in [0.15, 0.2) is 46.9 Å². The van der Waals surface area contributed by atoms with Crippen LogP contribution in [0.25, 0.3) is 22.3 Å². The van der Waals surface area contributed by atoms with Crippen LogP contribution in [0.5, 0.6) is 0 Å². The van der Waals surface area contributed by atoms with Gasteiger partial charge < -0.3 is 16.8 Å². The van der Waals surface area contributed by atoms with E-state index in [2.05, 4.69) is 67.8 Å². The van der Waals surface area contributed by atoms with Crippen molar-refractivity contribution < 1.29 is 28.0 Å². The Morgan fingerprint density at radius 2 is 1.60 bits per heavy atom. The summed E-state index contributed by atoms with van der Waals surface area (Å²) in [5, 5.41) is 2.37. The number of aryl methyl sites for hydroxylation is 1. The van der Waals surface area contributed by atoms with Gasteiger partial charge in [-0.3, -0.25) is 0 Å². The summed E-state index contributed by atoms with van der Waals surface area (Å²) in [7, 11) is 14.7. The van der Waals surface area contributed by atoms with E-state index in [-0.39, 0.29) is 12.4 Å². The fourth-order valence-corrected chi connectivity index (χ4v) is 2.65. The van der Waals surface area contributed by atoms with E-state index >= 15 is 0 Å². The molecule has 0 radical (unpaired) electrons. The van der Waals surface area contributed by atoms with Crippen molar-refractivity contribution in [2.75, 3.05) is 13.1 Å². The van der Waals surface area contributed by atoms with Crippen molar-refractivity contribution >= 4 is 41.3 Å². The molecule has 1 aromatic rings. The Hall–Kier alpha value is -0.411. The molecule has 0 saturated heterocycles. The number of benzene rings is 2. The Labute approximate surface area is 171 Å². The molecular weight excluding hydrogens is 444 g/mol. The SMILES string of the molecule is CC[N+](CC)=c1ccc2cc3ccc(C)cc3oc-2c1.[Cl-].[Cl][Fe]([Cl])[Cl]. The second-order valence-electron chi connectivity index (χ2n) is 5.33. The van der Waals surface area contributed by atoms with Gasteiger partial charge in [0.05, 0.1) is 6.07 Å². The zero-order valence-electron chi connectivity index (χ0n) is 14.2. The summed E-state index contributed by atoms with van der Waals surface area (Å²) in [6.45, 7) is 8.46. The number of nitrogens with zero attached hydrogens (tertiary/aromatic N) is 1. The van der Waals surface area contributed by atoms with Crippen LogP contribution in [0.2, 0.25) is 0 Å². The third-order valence-electron chi connectivity index (χ3n) is 3.83. The normalized spacial score (nSPS) is 10.7. The standard InChI is InChI=1S/C18H20NO.4ClH.Fe/c1-4-19(5-2)16-9-8-15-11-14-7-6-13(3)10-17(14)20-18(15)12-16;;;;;/h6-12H,4-5H2,1-3H3;4*1H;/q+1;;;;;+3/p-4. The molecule has 0 unspecified atom stereocenters. The molecule has 0 saturated carbocycles. The van der Waals surface area contributed by atoms with Crippen molar-refractivity contribution in [1.82, 2.24) is 4.58 Å². The first-order chi connectivity index (χ1) is 11.4. The zero-order chi connectivity index (χ0) is 17.7. The molecule has 1 heterocycles. The van der Waals surface area contributed by atoms with Crippen LogP contribution in [0.3, 0.4) is 0 Å². The summed E-state index contributed by atoms with van der Waals surface area (Å²) in [6.07, 6.45) is 0. The third-order valence-corrected chi connectivity index (χ3v) is 3.83. The molecule has 0 N–H and O–H groups in total. The Kier molecular flexibility index (Phi) is 9.66. The van der Waals surface area contributed by atoms with Crippen LogP contribution in [-0.4, -0.2) is 13.1 Å². The number of hydrogen-bond donors (Lipinski definition) is 0. The molecule has 0 fully saturated rings. The first-order valence-corrected chi connectivity index (χ1v) is 12.2. The van der Waals surface area contributed by atoms with Crippen LogP contribution >= 0.6 is 30.3 Å². The van der Waals surface area contributed by atoms with E-state index in [0.29, 0.717) is 0 Å². The molecule has 0 amide bonds. The fourth-order valence-electron chi connectivity index (χ4n) is 2.65. The van der Waals surface area contributed by atoms with Crippen LogP contribution in [0.1, 0.15) is 19.4 Å². The van der Waals surface area contributed by atoms with Crippen LogP contribution in [-0.2, 0) is 11.2 Å². The van der Waals surface area contributed by atoms with E-state index in [4.69, 9.17) is 34.7 Å². The molecule has 1 aliphatic carbocycles. The van der Waals surface area contributed by atoms with E-state index < -0.39 is 11.2 Å². The van der Waals surface area contributed by atoms with Crippen molar-refractivity contribution in [3.63, 3.8) is 0 Å². The molecule has 3 rings (SSSR count). The fraction of sp³-hybridized carbons (Fsp3) is 0.278. The maximum absolute atomic E-state index is 6.08. The van der Waals surface area contributed by atoms with Gasteiger partial charge in [-0.2, -0.15) is 0 Å². The van der Waals surface area contributed by atoms with Gasteiger partial charge in [-0.1, -0.05) is 12.1 Å². The van der Waals surface area contributed by atoms with Gasteiger partial charge in [0.15, 0.2) is 0 Å². The van der Waals surface area contributed by atoms with Gasteiger partial charge >= 0.3 is 41.5 Å². The van der Waals surface area contributed by atoms with E-state index in [9.17, 15) is 0 Å². The molecule has 0 atom stereocenters. The summed E-state index contributed by atoms with van der Waals surface area (Å²) >= 11 is -1.33. The van der Waals surface area contributed by atoms with Gasteiger partial charge in [-0.15, -0.1) is 0 Å². The Morgan fingerprint density at radius 1 is 0.960 bits per heavy atom. The summed E-state index contributed by atoms with van der Waals surface area (Å²) in [6, 6.07) is 15.0. The van der Waals surface area contributed by atoms with Crippen molar-refractivity contribution in [1.29, 1.82) is 0 Å². The van der Waals surface area contributed by atoms with E-state index in [1.54, 1.807) is 0 Å². The molecule has 139 valence electrons. The van der Waals surface area contributed by atoms with E-state index in [1.165, 1.54) is 10.9 Å². The van der Waals surface area contributed by atoms with Crippen molar-refractivity contribution in [3.8, 4) is 11.3 Å². The molecule has 0 aromatic heterocycles. The van der Waals surface area contributed by atoms with Gasteiger partial charge in [-0.25, -0.2) is 4.58 Å². The van der Waals surface area contributed by atoms with Crippen molar-refractivity contribution in [2.45, 2.75) is 20.8 Å². The first kappa shape index (κ1) is 22.6. The molecule has 1 aliphatic heterocycles. The molecule has 0 bridgehead atoms. The van der Waals surface area contributed by atoms with Crippen molar-refractivity contribution in [2.24, 2.45) is 0 Å². The predicted octanol–water partition coefficient (Wildman–Crippen LogP) is 2.73. The molecule has 0 spiro atoms. The Bertz CT molecular complexity index is 854. The number of rotatable bonds is 2. The van der Waals surface area contributed by atoms with Gasteiger partial charge in [0, 0.05) is 17.0 Å².